The fourth-order valence-corrected chi connectivity index (χ4v) is 1.59. The summed E-state index contributed by atoms with van der Waals surface area (Å²) in [7, 11) is 0. The molecule has 0 saturated carbocycles. The first-order valence-electron chi connectivity index (χ1n) is 4.36. The number of rotatable bonds is 1. The van der Waals surface area contributed by atoms with Crippen molar-refractivity contribution in [1.29, 1.82) is 0 Å². The lowest BCUT2D eigenvalue weighted by Gasteiger charge is -2.04. The van der Waals surface area contributed by atoms with Crippen LogP contribution in [0.25, 0.3) is 10.8 Å². The molecule has 13 heavy (non-hydrogen) atoms. The summed E-state index contributed by atoms with van der Waals surface area (Å²) in [5.41, 5.74) is 7.85. The molecule has 1 aromatic carbocycles. The van der Waals surface area contributed by atoms with E-state index < -0.39 is 0 Å². The Morgan fingerprint density at radius 2 is 2.08 bits per heavy atom. The molecular weight excluding hydrogens is 160 g/mol. The van der Waals surface area contributed by atoms with Crippen LogP contribution in [0.2, 0.25) is 0 Å². The van der Waals surface area contributed by atoms with Crippen molar-refractivity contribution in [3.05, 3.63) is 41.7 Å². The molecule has 0 saturated heterocycles. The third-order valence-corrected chi connectivity index (χ3v) is 2.30. The number of nitrogens with zero attached hydrogens (tertiary/aromatic N) is 1. The smallest absolute Gasteiger partial charge is 0.0617 e. The van der Waals surface area contributed by atoms with Gasteiger partial charge in [0.05, 0.1) is 5.69 Å². The Hall–Kier alpha value is -1.41. The van der Waals surface area contributed by atoms with Crippen LogP contribution in [0.5, 0.6) is 0 Å². The number of fused-ring (bicyclic) bond motifs is 1. The highest BCUT2D eigenvalue weighted by Gasteiger charge is 2.00. The molecule has 1 heterocycles. The Kier molecular flexibility index (Phi) is 1.99. The Labute approximate surface area is 77.4 Å². The van der Waals surface area contributed by atoms with Gasteiger partial charge in [-0.05, 0) is 23.9 Å². The van der Waals surface area contributed by atoms with Gasteiger partial charge in [-0.25, -0.2) is 0 Å². The molecular formula is C11H12N2. The van der Waals surface area contributed by atoms with Crippen LogP contribution >= 0.6 is 0 Å². The van der Waals surface area contributed by atoms with E-state index in [0.717, 1.165) is 5.69 Å². The number of pyridine rings is 1. The van der Waals surface area contributed by atoms with E-state index >= 15 is 0 Å². The zero-order valence-corrected chi connectivity index (χ0v) is 7.62. The lowest BCUT2D eigenvalue weighted by molar-refractivity contribution is 1.01. The summed E-state index contributed by atoms with van der Waals surface area (Å²) in [4.78, 5) is 4.24. The van der Waals surface area contributed by atoms with E-state index in [1.54, 1.807) is 0 Å². The molecule has 0 aliphatic rings. The fraction of sp³-hybridized carbons (Fsp3) is 0.182. The van der Waals surface area contributed by atoms with Crippen molar-refractivity contribution < 1.29 is 0 Å². The lowest BCUT2D eigenvalue weighted by atomic mass is 10.1. The highest BCUT2D eigenvalue weighted by Crippen LogP contribution is 2.19. The lowest BCUT2D eigenvalue weighted by Crippen LogP contribution is -2.00. The largest absolute Gasteiger partial charge is 0.325 e. The molecule has 2 rings (SSSR count). The Balaban J connectivity index is 2.84. The van der Waals surface area contributed by atoms with Gasteiger partial charge in [0.15, 0.2) is 0 Å². The summed E-state index contributed by atoms with van der Waals surface area (Å²) in [5.74, 6) is 0. The van der Waals surface area contributed by atoms with Gasteiger partial charge < -0.3 is 5.73 Å². The summed E-state index contributed by atoms with van der Waals surface area (Å²) in [6.45, 7) is 2.60. The molecule has 2 nitrogen and oxygen atoms in total. The maximum Gasteiger partial charge on any atom is 0.0617 e. The molecule has 1 aromatic heterocycles. The maximum atomic E-state index is 5.60. The van der Waals surface area contributed by atoms with Crippen molar-refractivity contribution in [2.45, 2.75) is 13.5 Å². The molecule has 66 valence electrons. The van der Waals surface area contributed by atoms with E-state index in [4.69, 9.17) is 5.73 Å². The Morgan fingerprint density at radius 3 is 2.85 bits per heavy atom. The van der Waals surface area contributed by atoms with Crippen LogP contribution in [0.1, 0.15) is 11.3 Å². The van der Waals surface area contributed by atoms with E-state index in [1.807, 2.05) is 18.3 Å². The summed E-state index contributed by atoms with van der Waals surface area (Å²) in [5, 5.41) is 2.42. The van der Waals surface area contributed by atoms with Crippen molar-refractivity contribution in [2.24, 2.45) is 5.73 Å². The third-order valence-electron chi connectivity index (χ3n) is 2.30. The van der Waals surface area contributed by atoms with Gasteiger partial charge in [0.1, 0.15) is 0 Å². The minimum absolute atomic E-state index is 0.501. The quantitative estimate of drug-likeness (QED) is 0.714. The second kappa shape index (κ2) is 3.15. The summed E-state index contributed by atoms with van der Waals surface area (Å²) >= 11 is 0. The minimum Gasteiger partial charge on any atom is -0.325 e. The van der Waals surface area contributed by atoms with Gasteiger partial charge in [-0.2, -0.15) is 0 Å². The molecule has 0 bridgehead atoms. The van der Waals surface area contributed by atoms with Crippen molar-refractivity contribution in [1.82, 2.24) is 4.98 Å². The van der Waals surface area contributed by atoms with Crippen LogP contribution in [0, 0.1) is 6.92 Å². The van der Waals surface area contributed by atoms with Crippen LogP contribution in [0.3, 0.4) is 0 Å². The molecule has 0 aliphatic carbocycles. The van der Waals surface area contributed by atoms with Crippen LogP contribution in [-0.2, 0) is 6.54 Å². The summed E-state index contributed by atoms with van der Waals surface area (Å²) in [6, 6.07) is 8.24. The van der Waals surface area contributed by atoms with Gasteiger partial charge in [-0.3, -0.25) is 4.98 Å². The predicted molar refractivity (Wildman–Crippen MR) is 54.4 cm³/mol. The molecule has 0 atom stereocenters. The van der Waals surface area contributed by atoms with Gasteiger partial charge >= 0.3 is 0 Å². The number of aromatic nitrogens is 1. The van der Waals surface area contributed by atoms with E-state index in [-0.39, 0.29) is 0 Å². The number of hydrogen-bond acceptors (Lipinski definition) is 2. The third kappa shape index (κ3) is 1.29. The van der Waals surface area contributed by atoms with Gasteiger partial charge in [0.25, 0.3) is 0 Å². The van der Waals surface area contributed by atoms with Crippen molar-refractivity contribution in [2.75, 3.05) is 0 Å². The van der Waals surface area contributed by atoms with Crippen LogP contribution in [0.15, 0.2) is 30.5 Å². The fourth-order valence-electron chi connectivity index (χ4n) is 1.59. The first kappa shape index (κ1) is 8.20. The monoisotopic (exact) mass is 172 g/mol. The SMILES string of the molecule is Cc1cccc2c(CN)nccc12. The second-order valence-corrected chi connectivity index (χ2v) is 3.13. The molecule has 0 spiro atoms. The Bertz CT molecular complexity index is 435. The average Bonchev–Trinajstić information content (AvgIpc) is 2.18. The summed E-state index contributed by atoms with van der Waals surface area (Å²) < 4.78 is 0. The maximum absolute atomic E-state index is 5.60. The number of aryl methyl sites for hydroxylation is 1. The first-order chi connectivity index (χ1) is 6.33. The highest BCUT2D eigenvalue weighted by atomic mass is 14.7. The molecule has 2 heteroatoms. The second-order valence-electron chi connectivity index (χ2n) is 3.13. The molecule has 2 aromatic rings. The minimum atomic E-state index is 0.501. The average molecular weight is 172 g/mol. The first-order valence-corrected chi connectivity index (χ1v) is 4.36. The molecule has 0 unspecified atom stereocenters. The molecule has 0 fully saturated rings. The van der Waals surface area contributed by atoms with E-state index in [2.05, 4.69) is 24.0 Å². The van der Waals surface area contributed by atoms with Gasteiger partial charge in [-0.1, -0.05) is 18.2 Å². The zero-order chi connectivity index (χ0) is 9.26. The number of hydrogen-bond donors (Lipinski definition) is 1. The van der Waals surface area contributed by atoms with Gasteiger partial charge in [-0.15, -0.1) is 0 Å². The molecule has 0 radical (unpaired) electrons. The molecule has 0 aliphatic heterocycles. The molecule has 2 N–H and O–H groups in total. The van der Waals surface area contributed by atoms with Crippen molar-refractivity contribution in [3.63, 3.8) is 0 Å². The number of nitrogens with two attached hydrogens (primary N) is 1. The van der Waals surface area contributed by atoms with Crippen LogP contribution in [-0.4, -0.2) is 4.98 Å². The molecule has 0 amide bonds. The van der Waals surface area contributed by atoms with E-state index in [9.17, 15) is 0 Å². The Morgan fingerprint density at radius 1 is 1.23 bits per heavy atom. The van der Waals surface area contributed by atoms with Crippen LogP contribution in [0.4, 0.5) is 0 Å². The van der Waals surface area contributed by atoms with Crippen LogP contribution < -0.4 is 5.73 Å². The number of benzene rings is 1. The normalized spacial score (nSPS) is 10.6. The summed E-state index contributed by atoms with van der Waals surface area (Å²) in [6.07, 6.45) is 1.82. The zero-order valence-electron chi connectivity index (χ0n) is 7.62. The van der Waals surface area contributed by atoms with Crippen molar-refractivity contribution in [3.8, 4) is 0 Å². The predicted octanol–water partition coefficient (Wildman–Crippen LogP) is 2.00. The standard InChI is InChI=1S/C11H12N2/c1-8-3-2-4-10-9(8)5-6-13-11(10)7-12/h2-6H,7,12H2,1H3. The van der Waals surface area contributed by atoms with Gasteiger partial charge in [0.2, 0.25) is 0 Å². The highest BCUT2D eigenvalue weighted by molar-refractivity contribution is 5.87. The van der Waals surface area contributed by atoms with E-state index in [0.29, 0.717) is 6.54 Å². The van der Waals surface area contributed by atoms with Gasteiger partial charge in [0, 0.05) is 18.1 Å². The van der Waals surface area contributed by atoms with E-state index in [1.165, 1.54) is 16.3 Å². The topological polar surface area (TPSA) is 38.9 Å². The van der Waals surface area contributed by atoms with Crippen molar-refractivity contribution >= 4 is 10.8 Å².